The molecule has 0 fully saturated rings. The molecule has 3 aliphatic heterocycles. The first-order valence-corrected chi connectivity index (χ1v) is 25.4. The van der Waals surface area contributed by atoms with E-state index in [0.29, 0.717) is 5.56 Å². The Morgan fingerprint density at radius 3 is 1.96 bits per heavy atom. The van der Waals surface area contributed by atoms with Crippen LogP contribution in [0.15, 0.2) is 150 Å². The predicted molar refractivity (Wildman–Crippen MR) is 297 cm³/mol. The van der Waals surface area contributed by atoms with Crippen molar-refractivity contribution in [3.63, 3.8) is 0 Å². The van der Waals surface area contributed by atoms with E-state index < -0.39 is 0 Å². The molecular formula is C63H51BN4OS. The average Bonchev–Trinajstić information content (AvgIpc) is 4.02. The first kappa shape index (κ1) is 41.4. The van der Waals surface area contributed by atoms with Crippen molar-refractivity contribution in [2.75, 3.05) is 9.80 Å². The fraction of sp³-hybridized carbons (Fsp3) is 0.190. The maximum absolute atomic E-state index is 11.2. The minimum absolute atomic E-state index is 0.0247. The highest BCUT2D eigenvalue weighted by molar-refractivity contribution is 7.33. The Morgan fingerprint density at radius 1 is 0.514 bits per heavy atom. The molecule has 0 aliphatic carbocycles. The van der Waals surface area contributed by atoms with Gasteiger partial charge in [0, 0.05) is 53.5 Å². The van der Waals surface area contributed by atoms with Gasteiger partial charge in [0.25, 0.3) is 6.71 Å². The third-order valence-corrected chi connectivity index (χ3v) is 16.7. The highest BCUT2D eigenvalue weighted by Crippen LogP contribution is 2.56. The zero-order valence-electron chi connectivity index (χ0n) is 41.0. The Morgan fingerprint density at radius 2 is 1.20 bits per heavy atom. The summed E-state index contributed by atoms with van der Waals surface area (Å²) in [6.45, 7) is 20.8. The number of aromatic nitrogens is 1. The van der Waals surface area contributed by atoms with Crippen molar-refractivity contribution in [3.05, 3.63) is 168 Å². The minimum Gasteiger partial charge on any atom is -0.456 e. The molecule has 0 spiro atoms. The van der Waals surface area contributed by atoms with Crippen LogP contribution in [0.25, 0.3) is 70.6 Å². The normalized spacial score (nSPS) is 14.0. The molecule has 0 N–H and O–H groups in total. The summed E-state index contributed by atoms with van der Waals surface area (Å²) >= 11 is 1.91. The predicted octanol–water partition coefficient (Wildman–Crippen LogP) is 15.7. The molecule has 7 heteroatoms. The van der Waals surface area contributed by atoms with E-state index in [-0.39, 0.29) is 23.0 Å². The highest BCUT2D eigenvalue weighted by atomic mass is 32.1. The van der Waals surface area contributed by atoms with E-state index in [9.17, 15) is 5.26 Å². The summed E-state index contributed by atoms with van der Waals surface area (Å²) in [5.41, 5.74) is 21.0. The van der Waals surface area contributed by atoms with E-state index in [2.05, 4.69) is 216 Å². The Bertz CT molecular complexity index is 4160. The Kier molecular flexibility index (Phi) is 8.19. The number of thiophene rings is 1. The number of para-hydroxylation sites is 1. The summed E-state index contributed by atoms with van der Waals surface area (Å²) in [6.07, 6.45) is 0. The lowest BCUT2D eigenvalue weighted by Crippen LogP contribution is -2.61. The van der Waals surface area contributed by atoms with E-state index >= 15 is 0 Å². The van der Waals surface area contributed by atoms with Crippen molar-refractivity contribution in [2.45, 2.75) is 78.6 Å². The summed E-state index contributed by atoms with van der Waals surface area (Å²) in [5, 5.41) is 17.1. The molecule has 5 nitrogen and oxygen atoms in total. The zero-order valence-corrected chi connectivity index (χ0v) is 41.9. The van der Waals surface area contributed by atoms with Gasteiger partial charge < -0.3 is 18.8 Å². The number of anilines is 6. The maximum atomic E-state index is 11.2. The molecule has 0 atom stereocenters. The van der Waals surface area contributed by atoms with Gasteiger partial charge >= 0.3 is 0 Å². The zero-order chi connectivity index (χ0) is 47.9. The van der Waals surface area contributed by atoms with Gasteiger partial charge in [-0.25, -0.2) is 0 Å². The van der Waals surface area contributed by atoms with E-state index in [0.717, 1.165) is 44.7 Å². The number of hydrogen-bond acceptors (Lipinski definition) is 5. The number of nitrogens with zero attached hydrogens (tertiary/aromatic N) is 4. The van der Waals surface area contributed by atoms with Crippen LogP contribution in [0, 0.1) is 11.3 Å². The molecule has 3 aliphatic rings. The maximum Gasteiger partial charge on any atom is 0.264 e. The number of fused-ring (bicyclic) bond motifs is 14. The number of hydrogen-bond donors (Lipinski definition) is 0. The minimum atomic E-state index is -0.154. The molecule has 0 radical (unpaired) electrons. The van der Waals surface area contributed by atoms with Crippen LogP contribution in [0.4, 0.5) is 34.1 Å². The third-order valence-electron chi connectivity index (χ3n) is 15.5. The van der Waals surface area contributed by atoms with Gasteiger partial charge in [-0.1, -0.05) is 129 Å². The topological polar surface area (TPSA) is 48.3 Å². The van der Waals surface area contributed by atoms with E-state index in [1.807, 2.05) is 23.5 Å². The summed E-state index contributed by atoms with van der Waals surface area (Å²) < 4.78 is 11.6. The second-order valence-corrected chi connectivity index (χ2v) is 24.0. The lowest BCUT2D eigenvalue weighted by Gasteiger charge is -2.46. The molecule has 8 aromatic carbocycles. The second kappa shape index (κ2) is 13.8. The quantitative estimate of drug-likeness (QED) is 0.162. The van der Waals surface area contributed by atoms with Crippen LogP contribution in [0.1, 0.15) is 84.6 Å². The Balaban J connectivity index is 1.16. The Labute approximate surface area is 412 Å². The molecule has 0 saturated heterocycles. The summed E-state index contributed by atoms with van der Waals surface area (Å²) in [6, 6.07) is 56.8. The molecule has 0 amide bonds. The fourth-order valence-corrected chi connectivity index (χ4v) is 13.2. The second-order valence-electron chi connectivity index (χ2n) is 23.0. The van der Waals surface area contributed by atoms with Gasteiger partial charge in [-0.15, -0.1) is 11.3 Å². The van der Waals surface area contributed by atoms with E-state index in [1.54, 1.807) is 0 Å². The van der Waals surface area contributed by atoms with Gasteiger partial charge in [0.1, 0.15) is 11.2 Å². The smallest absolute Gasteiger partial charge is 0.264 e. The molecule has 3 aromatic heterocycles. The van der Waals surface area contributed by atoms with E-state index in [1.165, 1.54) is 92.5 Å². The van der Waals surface area contributed by atoms with Crippen LogP contribution in [-0.4, -0.2) is 11.3 Å². The van der Waals surface area contributed by atoms with Crippen molar-refractivity contribution in [1.29, 1.82) is 5.26 Å². The van der Waals surface area contributed by atoms with Crippen LogP contribution < -0.4 is 25.5 Å². The van der Waals surface area contributed by atoms with Gasteiger partial charge in [-0.05, 0) is 134 Å². The SMILES string of the molecule is CC(C)(C)c1cc2c3c(c1)-n1c4ccc(C(C)(C)C)cc4c4cc(C(C)(C)C)cc(c41)N3c1cc(C#N)cc3c1B2c1sc2ccc(-c4ccccc4)cc2c1N3c1ccc2oc3ccccc3c2c1. The standard InChI is InChI=1S/C63H51BN4OS/c1-61(2,3)38-20-22-48-43(28-38)45-29-39(62(4,5)6)31-51-57(45)67(48)52-32-40(63(7,8)9)30-47-59(52)68(51)50-26-35(34-65)25-49-56(50)64(47)60-58(46-27-37(19-24-55(46)70-60)36-15-11-10-12-16-36)66(49)41-21-23-54-44(33-41)42-17-13-14-18-53(42)69-54/h10-33H,1-9H3. The van der Waals surface area contributed by atoms with Crippen molar-refractivity contribution >= 4 is 122 Å². The van der Waals surface area contributed by atoms with Crippen molar-refractivity contribution in [1.82, 2.24) is 4.57 Å². The summed E-state index contributed by atoms with van der Waals surface area (Å²) in [4.78, 5) is 5.04. The lowest BCUT2D eigenvalue weighted by molar-refractivity contribution is 0.590. The fourth-order valence-electron chi connectivity index (χ4n) is 11.9. The third kappa shape index (κ3) is 5.66. The van der Waals surface area contributed by atoms with Crippen LogP contribution in [0.2, 0.25) is 0 Å². The van der Waals surface area contributed by atoms with Gasteiger partial charge in [0.15, 0.2) is 0 Å². The monoisotopic (exact) mass is 922 g/mol. The van der Waals surface area contributed by atoms with Crippen LogP contribution in [-0.2, 0) is 16.2 Å². The van der Waals surface area contributed by atoms with Crippen molar-refractivity contribution in [3.8, 4) is 22.9 Å². The van der Waals surface area contributed by atoms with Crippen molar-refractivity contribution < 1.29 is 4.42 Å². The molecule has 0 bridgehead atoms. The molecule has 338 valence electrons. The first-order chi connectivity index (χ1) is 33.5. The van der Waals surface area contributed by atoms with Gasteiger partial charge in [-0.2, -0.15) is 5.26 Å². The average molecular weight is 923 g/mol. The number of furan rings is 1. The highest BCUT2D eigenvalue weighted by Gasteiger charge is 2.49. The van der Waals surface area contributed by atoms with Crippen LogP contribution in [0.3, 0.4) is 0 Å². The first-order valence-electron chi connectivity index (χ1n) is 24.6. The number of nitriles is 1. The molecule has 11 aromatic rings. The summed E-state index contributed by atoms with van der Waals surface area (Å²) in [7, 11) is 0. The Hall–Kier alpha value is -7.53. The van der Waals surface area contributed by atoms with Gasteiger partial charge in [0.05, 0.1) is 45.4 Å². The van der Waals surface area contributed by atoms with Crippen LogP contribution in [0.5, 0.6) is 0 Å². The number of benzene rings is 8. The molecule has 70 heavy (non-hydrogen) atoms. The summed E-state index contributed by atoms with van der Waals surface area (Å²) in [5.74, 6) is 0. The lowest BCUT2D eigenvalue weighted by atomic mass is 9.35. The van der Waals surface area contributed by atoms with Gasteiger partial charge in [0.2, 0.25) is 0 Å². The van der Waals surface area contributed by atoms with E-state index in [4.69, 9.17) is 4.42 Å². The number of rotatable bonds is 2. The van der Waals surface area contributed by atoms with Crippen molar-refractivity contribution in [2.24, 2.45) is 0 Å². The molecule has 14 rings (SSSR count). The molecule has 6 heterocycles. The van der Waals surface area contributed by atoms with Gasteiger partial charge in [-0.3, -0.25) is 0 Å². The molecular weight excluding hydrogens is 872 g/mol. The molecule has 0 unspecified atom stereocenters. The van der Waals surface area contributed by atoms with Crippen LogP contribution >= 0.6 is 11.3 Å². The largest absolute Gasteiger partial charge is 0.456 e. The molecule has 0 saturated carbocycles.